The fraction of sp³-hybridized carbons (Fsp3) is 0.389. The molecule has 1 aromatic carbocycles. The molecule has 0 spiro atoms. The second kappa shape index (κ2) is 9.81. The number of aromatic nitrogens is 2. The zero-order valence-electron chi connectivity index (χ0n) is 15.9. The van der Waals surface area contributed by atoms with Crippen LogP contribution in [-0.2, 0) is 35.3 Å². The second-order valence-electron chi connectivity index (χ2n) is 6.67. The number of carboxylic acid groups (broad SMARTS) is 1. The van der Waals surface area contributed by atoms with Crippen molar-refractivity contribution >= 4 is 12.4 Å². The van der Waals surface area contributed by atoms with Gasteiger partial charge in [0, 0.05) is 31.6 Å². The highest BCUT2D eigenvalue weighted by Gasteiger charge is 2.38. The highest BCUT2D eigenvalue weighted by Crippen LogP contribution is 2.30. The summed E-state index contributed by atoms with van der Waals surface area (Å²) >= 11 is 0. The third-order valence-electron chi connectivity index (χ3n) is 4.50. The number of hydrogen-bond donors (Lipinski definition) is 2. The number of alkyl halides is 3. The SMILES string of the molecule is NC(CC(=O)N1CCn2c(cnc2C(F)(F)F)C1)Cc1cc(F)c(F)cc1F.O=CO. The monoisotopic (exact) mass is 452 g/mol. The molecule has 1 amide bonds. The number of halogens is 6. The number of amides is 1. The lowest BCUT2D eigenvalue weighted by atomic mass is 10.0. The van der Waals surface area contributed by atoms with Gasteiger partial charge >= 0.3 is 6.18 Å². The molecule has 170 valence electrons. The standard InChI is InChI=1S/C17H16F6N4O.CH2O2/c18-12-6-14(20)13(19)4-9(12)3-10(24)5-15(28)26-1-2-27-11(8-26)7-25-16(27)17(21,22)23;2-1-3/h4,6-7,10H,1-3,5,8,24H2;1H,(H,2,3). The minimum absolute atomic E-state index is 0.0392. The van der Waals surface area contributed by atoms with Crippen molar-refractivity contribution in [2.45, 2.75) is 38.1 Å². The summed E-state index contributed by atoms with van der Waals surface area (Å²) in [5, 5.41) is 6.89. The lowest BCUT2D eigenvalue weighted by molar-refractivity contribution is -0.148. The molecule has 7 nitrogen and oxygen atoms in total. The molecule has 31 heavy (non-hydrogen) atoms. The van der Waals surface area contributed by atoms with Crippen LogP contribution in [0.25, 0.3) is 0 Å². The molecule has 3 N–H and O–H groups in total. The molecule has 0 bridgehead atoms. The summed E-state index contributed by atoms with van der Waals surface area (Å²) in [5.74, 6) is -4.96. The Labute approximate surface area is 172 Å². The molecule has 1 aromatic heterocycles. The normalized spacial score (nSPS) is 14.4. The number of rotatable bonds is 4. The average molecular weight is 452 g/mol. The van der Waals surface area contributed by atoms with E-state index in [1.807, 2.05) is 0 Å². The smallest absolute Gasteiger partial charge is 0.449 e. The number of fused-ring (bicyclic) bond motifs is 1. The van der Waals surface area contributed by atoms with Crippen LogP contribution in [0.15, 0.2) is 18.3 Å². The lowest BCUT2D eigenvalue weighted by Gasteiger charge is -2.30. The topological polar surface area (TPSA) is 101 Å². The van der Waals surface area contributed by atoms with Gasteiger partial charge in [-0.2, -0.15) is 13.2 Å². The summed E-state index contributed by atoms with van der Waals surface area (Å²) in [6.45, 7) is -0.339. The van der Waals surface area contributed by atoms with E-state index in [1.165, 1.54) is 4.90 Å². The van der Waals surface area contributed by atoms with Crippen LogP contribution in [0.1, 0.15) is 23.5 Å². The Morgan fingerprint density at radius 1 is 1.19 bits per heavy atom. The number of imidazole rings is 1. The molecule has 2 heterocycles. The minimum Gasteiger partial charge on any atom is -0.483 e. The summed E-state index contributed by atoms with van der Waals surface area (Å²) in [5.41, 5.74) is 5.91. The number of benzene rings is 1. The summed E-state index contributed by atoms with van der Waals surface area (Å²) in [4.78, 5) is 25.4. The Balaban J connectivity index is 0.00000107. The zero-order chi connectivity index (χ0) is 23.3. The maximum atomic E-state index is 13.7. The molecular formula is C18H18F6N4O3. The van der Waals surface area contributed by atoms with Crippen molar-refractivity contribution in [1.29, 1.82) is 0 Å². The first-order valence-electron chi connectivity index (χ1n) is 8.84. The van der Waals surface area contributed by atoms with Gasteiger partial charge in [0.2, 0.25) is 11.7 Å². The quantitative estimate of drug-likeness (QED) is 0.421. The van der Waals surface area contributed by atoms with Crippen molar-refractivity contribution in [2.24, 2.45) is 5.73 Å². The predicted octanol–water partition coefficient (Wildman–Crippen LogP) is 2.32. The molecule has 1 atom stereocenters. The van der Waals surface area contributed by atoms with Gasteiger partial charge in [0.05, 0.1) is 18.4 Å². The third kappa shape index (κ3) is 5.96. The fourth-order valence-corrected chi connectivity index (χ4v) is 3.15. The highest BCUT2D eigenvalue weighted by atomic mass is 19.4. The Kier molecular flexibility index (Phi) is 7.65. The van der Waals surface area contributed by atoms with Crippen LogP contribution in [0, 0.1) is 17.5 Å². The molecule has 1 aliphatic rings. The van der Waals surface area contributed by atoms with E-state index in [0.717, 1.165) is 10.8 Å². The van der Waals surface area contributed by atoms with E-state index in [1.54, 1.807) is 0 Å². The summed E-state index contributed by atoms with van der Waals surface area (Å²) in [7, 11) is 0. The van der Waals surface area contributed by atoms with Crippen molar-refractivity contribution in [1.82, 2.24) is 14.5 Å². The number of hydrogen-bond acceptors (Lipinski definition) is 4. The van der Waals surface area contributed by atoms with Crippen LogP contribution in [0.3, 0.4) is 0 Å². The van der Waals surface area contributed by atoms with Gasteiger partial charge in [0.1, 0.15) is 5.82 Å². The Hall–Kier alpha value is -3.09. The molecular weight excluding hydrogens is 434 g/mol. The molecule has 0 fully saturated rings. The van der Waals surface area contributed by atoms with Gasteiger partial charge in [-0.1, -0.05) is 0 Å². The maximum absolute atomic E-state index is 13.7. The first kappa shape index (κ1) is 24.2. The van der Waals surface area contributed by atoms with E-state index < -0.39 is 41.4 Å². The van der Waals surface area contributed by atoms with Crippen LogP contribution in [0.4, 0.5) is 26.3 Å². The largest absolute Gasteiger partial charge is 0.483 e. The van der Waals surface area contributed by atoms with Gasteiger partial charge in [-0.05, 0) is 18.1 Å². The Morgan fingerprint density at radius 3 is 2.42 bits per heavy atom. The summed E-state index contributed by atoms with van der Waals surface area (Å²) < 4.78 is 79.5. The molecule has 0 radical (unpaired) electrons. The predicted molar refractivity (Wildman–Crippen MR) is 94.0 cm³/mol. The number of nitrogens with two attached hydrogens (primary N) is 1. The van der Waals surface area contributed by atoms with Crippen molar-refractivity contribution in [2.75, 3.05) is 6.54 Å². The van der Waals surface area contributed by atoms with E-state index in [4.69, 9.17) is 15.6 Å². The molecule has 13 heteroatoms. The van der Waals surface area contributed by atoms with Gasteiger partial charge in [-0.3, -0.25) is 9.59 Å². The molecule has 3 rings (SSSR count). The molecule has 0 aliphatic carbocycles. The fourth-order valence-electron chi connectivity index (χ4n) is 3.15. The molecule has 1 aliphatic heterocycles. The van der Waals surface area contributed by atoms with Gasteiger partial charge in [0.25, 0.3) is 6.47 Å². The minimum atomic E-state index is -4.58. The van der Waals surface area contributed by atoms with Gasteiger partial charge < -0.3 is 20.3 Å². The Bertz CT molecular complexity index is 947. The van der Waals surface area contributed by atoms with Crippen molar-refractivity contribution in [3.63, 3.8) is 0 Å². The third-order valence-corrected chi connectivity index (χ3v) is 4.50. The lowest BCUT2D eigenvalue weighted by Crippen LogP contribution is -2.41. The first-order valence-corrected chi connectivity index (χ1v) is 8.84. The maximum Gasteiger partial charge on any atom is 0.449 e. The molecule has 2 aromatic rings. The van der Waals surface area contributed by atoms with Gasteiger partial charge in [-0.15, -0.1) is 0 Å². The molecule has 0 saturated carbocycles. The van der Waals surface area contributed by atoms with Crippen LogP contribution in [-0.4, -0.2) is 44.5 Å². The van der Waals surface area contributed by atoms with E-state index in [9.17, 15) is 31.1 Å². The number of carbonyl (C=O) groups is 2. The Morgan fingerprint density at radius 2 is 1.81 bits per heavy atom. The van der Waals surface area contributed by atoms with E-state index >= 15 is 0 Å². The van der Waals surface area contributed by atoms with E-state index in [2.05, 4.69) is 4.98 Å². The summed E-state index contributed by atoms with van der Waals surface area (Å²) in [6.07, 6.45) is -3.93. The van der Waals surface area contributed by atoms with Crippen molar-refractivity contribution in [3.05, 3.63) is 52.9 Å². The van der Waals surface area contributed by atoms with Crippen LogP contribution in [0.5, 0.6) is 0 Å². The number of carbonyl (C=O) groups excluding carboxylic acids is 1. The first-order chi connectivity index (χ1) is 14.5. The molecule has 1 unspecified atom stereocenters. The van der Waals surface area contributed by atoms with Crippen LogP contribution >= 0.6 is 0 Å². The molecule has 0 saturated heterocycles. The van der Waals surface area contributed by atoms with Crippen molar-refractivity contribution in [3.8, 4) is 0 Å². The van der Waals surface area contributed by atoms with Crippen LogP contribution in [0.2, 0.25) is 0 Å². The van der Waals surface area contributed by atoms with E-state index in [-0.39, 0.29) is 50.2 Å². The van der Waals surface area contributed by atoms with E-state index in [0.29, 0.717) is 12.1 Å². The van der Waals surface area contributed by atoms with Crippen LogP contribution < -0.4 is 5.73 Å². The summed E-state index contributed by atoms with van der Waals surface area (Å²) in [6, 6.07) is 0.223. The van der Waals surface area contributed by atoms with Crippen molar-refractivity contribution < 1.29 is 41.0 Å². The number of nitrogens with zero attached hydrogens (tertiary/aromatic N) is 3. The second-order valence-corrected chi connectivity index (χ2v) is 6.67. The highest BCUT2D eigenvalue weighted by molar-refractivity contribution is 5.77. The van der Waals surface area contributed by atoms with Gasteiger partial charge in [0.15, 0.2) is 11.6 Å². The van der Waals surface area contributed by atoms with Gasteiger partial charge in [-0.25, -0.2) is 18.2 Å². The zero-order valence-corrected chi connectivity index (χ0v) is 15.9. The average Bonchev–Trinajstić information content (AvgIpc) is 3.10.